The van der Waals surface area contributed by atoms with Crippen LogP contribution in [0.25, 0.3) is 0 Å². The number of hydrogen-bond donors (Lipinski definition) is 0. The smallest absolute Gasteiger partial charge is 0.151 e. The maximum atomic E-state index is 10.7. The number of aromatic nitrogens is 1. The number of aldehydes is 1. The normalized spacial score (nSPS) is 12.0. The van der Waals surface area contributed by atoms with Crippen LogP contribution in [0.15, 0.2) is 30.5 Å². The number of nitrogens with zero attached hydrogens (tertiary/aromatic N) is 1. The Kier molecular flexibility index (Phi) is 5.21. The van der Waals surface area contributed by atoms with Crippen molar-refractivity contribution in [2.75, 3.05) is 7.11 Å². The maximum Gasteiger partial charge on any atom is 0.151 e. The zero-order valence-electron chi connectivity index (χ0n) is 11.8. The fourth-order valence-corrected chi connectivity index (χ4v) is 2.62. The molecule has 2 aromatic rings. The second-order valence-electron chi connectivity index (χ2n) is 4.81. The lowest BCUT2D eigenvalue weighted by molar-refractivity contribution is 0.112. The van der Waals surface area contributed by atoms with Gasteiger partial charge in [-0.05, 0) is 42.2 Å². The van der Waals surface area contributed by atoms with E-state index in [2.05, 4.69) is 11.9 Å². The molecule has 0 saturated carbocycles. The van der Waals surface area contributed by atoms with Gasteiger partial charge in [0.15, 0.2) is 6.29 Å². The number of rotatable bonds is 5. The number of ether oxygens (including phenoxy) is 1. The molecule has 0 aliphatic carbocycles. The Hall–Kier alpha value is -1.58. The van der Waals surface area contributed by atoms with Crippen molar-refractivity contribution < 1.29 is 9.53 Å². The molecule has 3 nitrogen and oxygen atoms in total. The van der Waals surface area contributed by atoms with Crippen LogP contribution in [0.3, 0.4) is 0 Å². The molecule has 0 bridgehead atoms. The van der Waals surface area contributed by atoms with Gasteiger partial charge in [-0.3, -0.25) is 9.78 Å². The second kappa shape index (κ2) is 6.92. The Labute approximate surface area is 133 Å². The highest BCUT2D eigenvalue weighted by atomic mass is 35.5. The van der Waals surface area contributed by atoms with E-state index in [1.54, 1.807) is 19.2 Å². The Morgan fingerprint density at radius 3 is 2.71 bits per heavy atom. The molecule has 1 atom stereocenters. The first kappa shape index (κ1) is 15.8. The molecule has 1 unspecified atom stereocenters. The molecule has 0 N–H and O–H groups in total. The quantitative estimate of drug-likeness (QED) is 0.757. The lowest BCUT2D eigenvalue weighted by Gasteiger charge is -2.16. The molecule has 21 heavy (non-hydrogen) atoms. The van der Waals surface area contributed by atoms with Crippen LogP contribution in [-0.4, -0.2) is 18.4 Å². The summed E-state index contributed by atoms with van der Waals surface area (Å²) in [5, 5.41) is 1.15. The van der Waals surface area contributed by atoms with Gasteiger partial charge < -0.3 is 4.74 Å². The summed E-state index contributed by atoms with van der Waals surface area (Å²) < 4.78 is 5.37. The van der Waals surface area contributed by atoms with Crippen molar-refractivity contribution in [1.29, 1.82) is 0 Å². The average Bonchev–Trinajstić information content (AvgIpc) is 2.49. The molecule has 0 aliphatic rings. The minimum Gasteiger partial charge on any atom is -0.496 e. The minimum atomic E-state index is 0.130. The van der Waals surface area contributed by atoms with Crippen LogP contribution in [0.4, 0.5) is 0 Å². The van der Waals surface area contributed by atoms with Crippen LogP contribution in [0.1, 0.15) is 34.5 Å². The molecule has 1 heterocycles. The van der Waals surface area contributed by atoms with Crippen molar-refractivity contribution in [3.63, 3.8) is 0 Å². The second-order valence-corrected chi connectivity index (χ2v) is 5.65. The molecule has 0 aliphatic heterocycles. The van der Waals surface area contributed by atoms with Gasteiger partial charge in [-0.2, -0.15) is 0 Å². The van der Waals surface area contributed by atoms with Crippen molar-refractivity contribution in [1.82, 2.24) is 4.98 Å². The van der Waals surface area contributed by atoms with Gasteiger partial charge in [0.1, 0.15) is 5.75 Å². The summed E-state index contributed by atoms with van der Waals surface area (Å²) in [7, 11) is 1.63. The summed E-state index contributed by atoms with van der Waals surface area (Å²) >= 11 is 12.2. The number of pyridine rings is 1. The van der Waals surface area contributed by atoms with Gasteiger partial charge in [0.2, 0.25) is 0 Å². The van der Waals surface area contributed by atoms with E-state index in [1.807, 2.05) is 12.1 Å². The summed E-state index contributed by atoms with van der Waals surface area (Å²) in [6.45, 7) is 2.06. The molecular weight excluding hydrogens is 309 g/mol. The summed E-state index contributed by atoms with van der Waals surface area (Å²) in [5.74, 6) is 0.915. The number of hydrogen-bond acceptors (Lipinski definition) is 3. The largest absolute Gasteiger partial charge is 0.496 e. The Bertz CT molecular complexity index is 659. The van der Waals surface area contributed by atoms with E-state index in [-0.39, 0.29) is 5.92 Å². The van der Waals surface area contributed by atoms with Crippen molar-refractivity contribution in [2.45, 2.75) is 19.3 Å². The summed E-state index contributed by atoms with van der Waals surface area (Å²) in [4.78, 5) is 15.0. The lowest BCUT2D eigenvalue weighted by atomic mass is 9.95. The van der Waals surface area contributed by atoms with Gasteiger partial charge in [-0.25, -0.2) is 0 Å². The first-order chi connectivity index (χ1) is 10.0. The van der Waals surface area contributed by atoms with E-state index in [9.17, 15) is 4.79 Å². The molecule has 1 aromatic heterocycles. The predicted octanol–water partition coefficient (Wildman–Crippen LogP) is 4.56. The molecule has 0 radical (unpaired) electrons. The van der Waals surface area contributed by atoms with Crippen molar-refractivity contribution >= 4 is 29.5 Å². The van der Waals surface area contributed by atoms with Crippen molar-refractivity contribution in [2.24, 2.45) is 0 Å². The van der Waals surface area contributed by atoms with E-state index < -0.39 is 0 Å². The molecule has 0 spiro atoms. The molecule has 0 amide bonds. The topological polar surface area (TPSA) is 39.2 Å². The average molecular weight is 324 g/mol. The fourth-order valence-electron chi connectivity index (χ4n) is 2.19. The zero-order chi connectivity index (χ0) is 15.4. The number of halogens is 2. The van der Waals surface area contributed by atoms with Crippen LogP contribution in [0.5, 0.6) is 5.75 Å². The fraction of sp³-hybridized carbons (Fsp3) is 0.250. The summed E-state index contributed by atoms with van der Waals surface area (Å²) in [5.41, 5.74) is 2.22. The van der Waals surface area contributed by atoms with Crippen LogP contribution < -0.4 is 4.74 Å². The first-order valence-corrected chi connectivity index (χ1v) is 7.23. The summed E-state index contributed by atoms with van der Waals surface area (Å²) in [6, 6.07) is 7.15. The van der Waals surface area contributed by atoms with E-state index in [0.29, 0.717) is 22.0 Å². The predicted molar refractivity (Wildman–Crippen MR) is 84.8 cm³/mol. The standard InChI is InChI=1S/C16H15Cl2NO2/c1-10(13-7-12(17)3-4-16(13)21-2)5-15-14(18)6-11(9-20)8-19-15/h3-4,6-10H,5H2,1-2H3. The number of carbonyl (C=O) groups is 1. The molecule has 1 aromatic carbocycles. The van der Waals surface area contributed by atoms with Gasteiger partial charge in [0.25, 0.3) is 0 Å². The van der Waals surface area contributed by atoms with E-state index in [1.165, 1.54) is 6.20 Å². The van der Waals surface area contributed by atoms with E-state index in [0.717, 1.165) is 23.3 Å². The van der Waals surface area contributed by atoms with Crippen molar-refractivity contribution in [3.8, 4) is 5.75 Å². The Morgan fingerprint density at radius 1 is 1.33 bits per heavy atom. The van der Waals surface area contributed by atoms with Crippen LogP contribution in [0.2, 0.25) is 10.0 Å². The highest BCUT2D eigenvalue weighted by Gasteiger charge is 2.15. The van der Waals surface area contributed by atoms with Gasteiger partial charge in [-0.1, -0.05) is 30.1 Å². The Balaban J connectivity index is 2.27. The number of methoxy groups -OCH3 is 1. The summed E-state index contributed by atoms with van der Waals surface area (Å²) in [6.07, 6.45) is 2.89. The van der Waals surface area contributed by atoms with Gasteiger partial charge >= 0.3 is 0 Å². The third-order valence-corrected chi connectivity index (χ3v) is 3.86. The zero-order valence-corrected chi connectivity index (χ0v) is 13.3. The number of benzene rings is 1. The van der Waals surface area contributed by atoms with Crippen LogP contribution in [-0.2, 0) is 6.42 Å². The van der Waals surface area contributed by atoms with Gasteiger partial charge in [-0.15, -0.1) is 0 Å². The maximum absolute atomic E-state index is 10.7. The molecule has 5 heteroatoms. The number of carbonyl (C=O) groups excluding carboxylic acids is 1. The monoisotopic (exact) mass is 323 g/mol. The molecular formula is C16H15Cl2NO2. The lowest BCUT2D eigenvalue weighted by Crippen LogP contribution is -2.04. The van der Waals surface area contributed by atoms with Gasteiger partial charge in [0, 0.05) is 16.8 Å². The van der Waals surface area contributed by atoms with Gasteiger partial charge in [0.05, 0.1) is 17.8 Å². The minimum absolute atomic E-state index is 0.130. The first-order valence-electron chi connectivity index (χ1n) is 6.48. The van der Waals surface area contributed by atoms with Crippen LogP contribution in [0, 0.1) is 0 Å². The Morgan fingerprint density at radius 2 is 2.10 bits per heavy atom. The molecule has 0 fully saturated rings. The van der Waals surface area contributed by atoms with E-state index in [4.69, 9.17) is 27.9 Å². The highest BCUT2D eigenvalue weighted by molar-refractivity contribution is 6.31. The van der Waals surface area contributed by atoms with Crippen molar-refractivity contribution in [3.05, 3.63) is 57.3 Å². The molecule has 0 saturated heterocycles. The van der Waals surface area contributed by atoms with Crippen LogP contribution >= 0.6 is 23.2 Å². The third kappa shape index (κ3) is 3.74. The van der Waals surface area contributed by atoms with E-state index >= 15 is 0 Å². The SMILES string of the molecule is COc1ccc(Cl)cc1C(C)Cc1ncc(C=O)cc1Cl. The molecule has 110 valence electrons. The third-order valence-electron chi connectivity index (χ3n) is 3.30. The highest BCUT2D eigenvalue weighted by Crippen LogP contribution is 2.32. The molecule has 2 rings (SSSR count).